The number of hydrogen-bond acceptors (Lipinski definition) is 5. The number of fused-ring (bicyclic) bond motifs is 1. The second-order valence-corrected chi connectivity index (χ2v) is 8.73. The summed E-state index contributed by atoms with van der Waals surface area (Å²) in [4.78, 5) is 12.6. The average Bonchev–Trinajstić information content (AvgIpc) is 3.32. The molecule has 0 spiro atoms. The molecule has 1 amide bonds. The van der Waals surface area contributed by atoms with E-state index in [1.54, 1.807) is 0 Å². The molecule has 1 aromatic heterocycles. The third-order valence-electron chi connectivity index (χ3n) is 6.03. The molecule has 6 nitrogen and oxygen atoms in total. The highest BCUT2D eigenvalue weighted by atomic mass is 79.9. The van der Waals surface area contributed by atoms with Gasteiger partial charge in [-0.25, -0.2) is 0 Å². The van der Waals surface area contributed by atoms with E-state index in [1.165, 1.54) is 6.07 Å². The van der Waals surface area contributed by atoms with Crippen LogP contribution in [0.3, 0.4) is 0 Å². The first-order valence-electron chi connectivity index (χ1n) is 9.66. The molecule has 152 valence electrons. The lowest BCUT2D eigenvalue weighted by Crippen LogP contribution is -2.11. The van der Waals surface area contributed by atoms with Crippen LogP contribution in [0.4, 0.5) is 5.69 Å². The minimum absolute atomic E-state index is 0.0745. The molecule has 3 N–H and O–H groups in total. The van der Waals surface area contributed by atoms with Crippen LogP contribution >= 0.6 is 15.9 Å². The maximum atomic E-state index is 12.6. The lowest BCUT2D eigenvalue weighted by Gasteiger charge is -2.14. The van der Waals surface area contributed by atoms with Gasteiger partial charge in [0.25, 0.3) is 5.91 Å². The molecule has 0 atom stereocenters. The van der Waals surface area contributed by atoms with Crippen LogP contribution in [0, 0.1) is 6.92 Å². The van der Waals surface area contributed by atoms with Crippen LogP contribution in [0.15, 0.2) is 51.6 Å². The number of aliphatic hydroxyl groups is 2. The van der Waals surface area contributed by atoms with Crippen LogP contribution in [0.25, 0.3) is 22.5 Å². The number of carbonyl (C=O) groups is 1. The number of aryl methyl sites for hydroxylation is 1. The first-order chi connectivity index (χ1) is 14.4. The van der Waals surface area contributed by atoms with Gasteiger partial charge in [-0.2, -0.15) is 0 Å². The quantitative estimate of drug-likeness (QED) is 0.378. The summed E-state index contributed by atoms with van der Waals surface area (Å²) in [5, 5.41) is 26.9. The number of benzene rings is 2. The molecule has 7 heteroatoms. The van der Waals surface area contributed by atoms with E-state index in [0.717, 1.165) is 35.1 Å². The number of anilines is 1. The zero-order valence-corrected chi connectivity index (χ0v) is 17.8. The Balaban J connectivity index is 1.59. The predicted molar refractivity (Wildman–Crippen MR) is 117 cm³/mol. The van der Waals surface area contributed by atoms with Gasteiger partial charge in [-0.05, 0) is 70.1 Å². The van der Waals surface area contributed by atoms with Crippen molar-refractivity contribution in [2.45, 2.75) is 25.2 Å². The first kappa shape index (κ1) is 19.1. The fourth-order valence-corrected chi connectivity index (χ4v) is 4.33. The van der Waals surface area contributed by atoms with Gasteiger partial charge in [0.15, 0.2) is 5.76 Å². The van der Waals surface area contributed by atoms with Gasteiger partial charge in [0, 0.05) is 22.7 Å². The molecule has 2 aromatic carbocycles. The summed E-state index contributed by atoms with van der Waals surface area (Å²) in [6.07, 6.45) is 2.03. The van der Waals surface area contributed by atoms with Crippen molar-refractivity contribution in [3.63, 3.8) is 0 Å². The molecule has 3 aromatic rings. The summed E-state index contributed by atoms with van der Waals surface area (Å²) in [5.74, 6) is -0.529. The van der Waals surface area contributed by atoms with Crippen LogP contribution in [-0.2, 0) is 10.2 Å². The van der Waals surface area contributed by atoms with Crippen LogP contribution in [-0.4, -0.2) is 27.9 Å². The van der Waals surface area contributed by atoms with E-state index in [2.05, 4.69) is 38.5 Å². The monoisotopic (exact) mass is 466 g/mol. The zero-order chi connectivity index (χ0) is 21.0. The van der Waals surface area contributed by atoms with Crippen molar-refractivity contribution < 1.29 is 19.5 Å². The standard InChI is InChI=1S/C23H19BrN2O4/c1-12-8-17-16(20(22(29)25-17)21(28)18-10-19(24)26-30-18)9-15(12)13-2-4-14(5-3-13)23(11-27)6-7-23/h2-5,8-10,27-28H,6-7,11H2,1H3,(H,25,29). The Morgan fingerprint density at radius 3 is 2.53 bits per heavy atom. The number of aromatic nitrogens is 1. The van der Waals surface area contributed by atoms with E-state index >= 15 is 0 Å². The molecule has 1 aliphatic heterocycles. The molecule has 5 rings (SSSR count). The minimum Gasteiger partial charge on any atom is -0.504 e. The normalized spacial score (nSPS) is 18.2. The third-order valence-corrected chi connectivity index (χ3v) is 6.40. The van der Waals surface area contributed by atoms with Crippen molar-refractivity contribution in [1.29, 1.82) is 0 Å². The highest BCUT2D eigenvalue weighted by molar-refractivity contribution is 9.10. The van der Waals surface area contributed by atoms with Crippen LogP contribution < -0.4 is 5.32 Å². The number of aliphatic hydroxyl groups excluding tert-OH is 2. The summed E-state index contributed by atoms with van der Waals surface area (Å²) in [6, 6.07) is 13.5. The lowest BCUT2D eigenvalue weighted by atomic mass is 9.91. The van der Waals surface area contributed by atoms with E-state index in [1.807, 2.05) is 31.2 Å². The smallest absolute Gasteiger partial charge is 0.260 e. The second kappa shape index (κ2) is 6.82. The maximum absolute atomic E-state index is 12.6. The maximum Gasteiger partial charge on any atom is 0.260 e. The molecule has 1 saturated carbocycles. The van der Waals surface area contributed by atoms with Gasteiger partial charge < -0.3 is 20.1 Å². The van der Waals surface area contributed by atoms with Gasteiger partial charge >= 0.3 is 0 Å². The molecule has 1 aliphatic carbocycles. The largest absolute Gasteiger partial charge is 0.504 e. The molecule has 0 saturated heterocycles. The fourth-order valence-electron chi connectivity index (χ4n) is 4.05. The van der Waals surface area contributed by atoms with E-state index in [9.17, 15) is 15.0 Å². The number of hydrogen-bond donors (Lipinski definition) is 3. The molecule has 1 fully saturated rings. The van der Waals surface area contributed by atoms with Gasteiger partial charge in [-0.1, -0.05) is 29.4 Å². The number of nitrogens with one attached hydrogen (secondary N) is 1. The van der Waals surface area contributed by atoms with E-state index < -0.39 is 0 Å². The molecular weight excluding hydrogens is 448 g/mol. The van der Waals surface area contributed by atoms with Crippen molar-refractivity contribution in [3.8, 4) is 11.1 Å². The summed E-state index contributed by atoms with van der Waals surface area (Å²) in [6.45, 7) is 2.16. The number of nitrogens with zero attached hydrogens (tertiary/aromatic N) is 1. The Hall–Kier alpha value is -2.90. The Labute approximate surface area is 181 Å². The summed E-state index contributed by atoms with van der Waals surface area (Å²) in [5.41, 5.74) is 5.48. The van der Waals surface area contributed by atoms with E-state index in [4.69, 9.17) is 4.52 Å². The summed E-state index contributed by atoms with van der Waals surface area (Å²) < 4.78 is 5.53. The topological polar surface area (TPSA) is 95.6 Å². The number of amides is 1. The molecule has 2 heterocycles. The Morgan fingerprint density at radius 2 is 1.93 bits per heavy atom. The number of carbonyl (C=O) groups excluding carboxylic acids is 1. The fraction of sp³-hybridized carbons (Fsp3) is 0.217. The average molecular weight is 467 g/mol. The Kier molecular flexibility index (Phi) is 4.34. The number of rotatable bonds is 4. The lowest BCUT2D eigenvalue weighted by molar-refractivity contribution is -0.110. The van der Waals surface area contributed by atoms with Gasteiger partial charge in [0.05, 0.1) is 12.2 Å². The highest BCUT2D eigenvalue weighted by Gasteiger charge is 2.43. The summed E-state index contributed by atoms with van der Waals surface area (Å²) in [7, 11) is 0. The van der Waals surface area contributed by atoms with E-state index in [-0.39, 0.29) is 35.0 Å². The molecule has 0 radical (unpaired) electrons. The van der Waals surface area contributed by atoms with Crippen molar-refractivity contribution in [2.75, 3.05) is 11.9 Å². The van der Waals surface area contributed by atoms with E-state index in [0.29, 0.717) is 15.9 Å². The van der Waals surface area contributed by atoms with Crippen molar-refractivity contribution in [1.82, 2.24) is 5.16 Å². The van der Waals surface area contributed by atoms with Gasteiger partial charge in [-0.15, -0.1) is 0 Å². The van der Waals surface area contributed by atoms with Crippen molar-refractivity contribution in [2.24, 2.45) is 0 Å². The van der Waals surface area contributed by atoms with Gasteiger partial charge in [0.1, 0.15) is 4.60 Å². The zero-order valence-electron chi connectivity index (χ0n) is 16.2. The molecule has 0 unspecified atom stereocenters. The molecule has 30 heavy (non-hydrogen) atoms. The molecule has 0 bridgehead atoms. The molecule has 2 aliphatic rings. The van der Waals surface area contributed by atoms with Gasteiger partial charge in [-0.3, -0.25) is 4.79 Å². The summed E-state index contributed by atoms with van der Waals surface area (Å²) >= 11 is 3.18. The predicted octanol–water partition coefficient (Wildman–Crippen LogP) is 4.81. The SMILES string of the molecule is Cc1cc2c(cc1-c1ccc(C3(CO)CC3)cc1)C(=C(O)c1cc(Br)no1)C(=O)N2. The number of halogens is 1. The van der Waals surface area contributed by atoms with Gasteiger partial charge in [0.2, 0.25) is 5.76 Å². The second-order valence-electron chi connectivity index (χ2n) is 7.92. The first-order valence-corrected chi connectivity index (χ1v) is 10.5. The van der Waals surface area contributed by atoms with Crippen molar-refractivity contribution in [3.05, 3.63) is 69.5 Å². The third kappa shape index (κ3) is 2.97. The molecular formula is C23H19BrN2O4. The highest BCUT2D eigenvalue weighted by Crippen LogP contribution is 2.48. The van der Waals surface area contributed by atoms with Crippen LogP contribution in [0.1, 0.15) is 35.3 Å². The van der Waals surface area contributed by atoms with Crippen molar-refractivity contribution >= 4 is 38.9 Å². The van der Waals surface area contributed by atoms with Crippen LogP contribution in [0.5, 0.6) is 0 Å². The Bertz CT molecular complexity index is 1210. The Morgan fingerprint density at radius 1 is 1.20 bits per heavy atom. The minimum atomic E-state index is -0.388. The van der Waals surface area contributed by atoms with Crippen LogP contribution in [0.2, 0.25) is 0 Å².